The van der Waals surface area contributed by atoms with Gasteiger partial charge in [-0.2, -0.15) is 0 Å². The van der Waals surface area contributed by atoms with Crippen LogP contribution >= 0.6 is 0 Å². The van der Waals surface area contributed by atoms with Gasteiger partial charge < -0.3 is 14.8 Å². The molecule has 0 saturated carbocycles. The van der Waals surface area contributed by atoms with E-state index >= 15 is 0 Å². The molecule has 2 aromatic rings. The van der Waals surface area contributed by atoms with Crippen LogP contribution in [0.2, 0.25) is 0 Å². The highest BCUT2D eigenvalue weighted by atomic mass is 16.2. The number of para-hydroxylation sites is 1. The van der Waals surface area contributed by atoms with Gasteiger partial charge in [0.15, 0.2) is 0 Å². The second kappa shape index (κ2) is 8.56. The molecule has 2 heterocycles. The fraction of sp³-hybridized carbons (Fsp3) is 0.476. The molecule has 0 spiro atoms. The standard InChI is InChI=1S/C21H28N4O3/c1-4-24(5-2)18(26)14-23-10-12-25(13-11-23)21(28)19-15(3)16-8-6-7-9-17(16)22-20(19)27/h6-9H,4-5,10-14H2,1-3H3,(H,22,27). The molecule has 1 aliphatic heterocycles. The van der Waals surface area contributed by atoms with Crippen molar-refractivity contribution in [1.82, 2.24) is 19.7 Å². The quantitative estimate of drug-likeness (QED) is 0.847. The van der Waals surface area contributed by atoms with Gasteiger partial charge in [0.2, 0.25) is 5.91 Å². The number of nitrogens with zero attached hydrogens (tertiary/aromatic N) is 3. The van der Waals surface area contributed by atoms with Gasteiger partial charge in [0.05, 0.1) is 6.54 Å². The van der Waals surface area contributed by atoms with Crippen LogP contribution in [0.25, 0.3) is 10.9 Å². The van der Waals surface area contributed by atoms with Crippen molar-refractivity contribution in [3.8, 4) is 0 Å². The highest BCUT2D eigenvalue weighted by molar-refractivity contribution is 5.99. The van der Waals surface area contributed by atoms with Crippen LogP contribution in [0.3, 0.4) is 0 Å². The molecule has 1 aliphatic rings. The van der Waals surface area contributed by atoms with Crippen LogP contribution in [-0.2, 0) is 4.79 Å². The Morgan fingerprint density at radius 3 is 2.36 bits per heavy atom. The number of hydrogen-bond acceptors (Lipinski definition) is 4. The Bertz CT molecular complexity index is 925. The lowest BCUT2D eigenvalue weighted by Crippen LogP contribution is -2.52. The smallest absolute Gasteiger partial charge is 0.261 e. The van der Waals surface area contributed by atoms with Gasteiger partial charge in [-0.05, 0) is 32.4 Å². The van der Waals surface area contributed by atoms with Crippen molar-refractivity contribution in [3.05, 3.63) is 45.7 Å². The first-order chi connectivity index (χ1) is 13.5. The summed E-state index contributed by atoms with van der Waals surface area (Å²) in [6.45, 7) is 9.83. The molecule has 150 valence electrons. The van der Waals surface area contributed by atoms with Crippen LogP contribution in [0.4, 0.5) is 0 Å². The minimum Gasteiger partial charge on any atom is -0.342 e. The van der Waals surface area contributed by atoms with Gasteiger partial charge in [-0.1, -0.05) is 18.2 Å². The third kappa shape index (κ3) is 3.94. The molecular formula is C21H28N4O3. The van der Waals surface area contributed by atoms with Crippen molar-refractivity contribution in [3.63, 3.8) is 0 Å². The predicted octanol–water partition coefficient (Wildman–Crippen LogP) is 1.46. The van der Waals surface area contributed by atoms with E-state index < -0.39 is 0 Å². The molecule has 1 aromatic carbocycles. The van der Waals surface area contributed by atoms with Crippen LogP contribution in [0.5, 0.6) is 0 Å². The van der Waals surface area contributed by atoms with Crippen molar-refractivity contribution >= 4 is 22.7 Å². The SMILES string of the molecule is CCN(CC)C(=O)CN1CCN(C(=O)c2c(C)c3ccccc3[nH]c2=O)CC1. The lowest BCUT2D eigenvalue weighted by atomic mass is 10.0. The number of H-pyrrole nitrogens is 1. The number of aromatic nitrogens is 1. The van der Waals surface area contributed by atoms with Gasteiger partial charge in [-0.25, -0.2) is 0 Å². The summed E-state index contributed by atoms with van der Waals surface area (Å²) in [6.07, 6.45) is 0. The summed E-state index contributed by atoms with van der Waals surface area (Å²) < 4.78 is 0. The molecule has 1 aromatic heterocycles. The van der Waals surface area contributed by atoms with Crippen LogP contribution in [0.1, 0.15) is 29.8 Å². The maximum Gasteiger partial charge on any atom is 0.261 e. The number of aryl methyl sites for hydroxylation is 1. The van der Waals surface area contributed by atoms with Crippen LogP contribution in [0, 0.1) is 6.92 Å². The summed E-state index contributed by atoms with van der Waals surface area (Å²) in [5.41, 5.74) is 1.32. The number of amides is 2. The zero-order chi connectivity index (χ0) is 20.3. The van der Waals surface area contributed by atoms with E-state index in [9.17, 15) is 14.4 Å². The largest absolute Gasteiger partial charge is 0.342 e. The van der Waals surface area contributed by atoms with Crippen molar-refractivity contribution in [2.75, 3.05) is 45.8 Å². The highest BCUT2D eigenvalue weighted by Crippen LogP contribution is 2.18. The number of pyridine rings is 1. The molecule has 0 bridgehead atoms. The number of rotatable bonds is 5. The molecule has 0 aliphatic carbocycles. The first-order valence-electron chi connectivity index (χ1n) is 9.87. The molecule has 1 fully saturated rings. The van der Waals surface area contributed by atoms with Gasteiger partial charge in [0, 0.05) is 50.2 Å². The topological polar surface area (TPSA) is 76.7 Å². The van der Waals surface area contributed by atoms with Gasteiger partial charge in [-0.3, -0.25) is 19.3 Å². The van der Waals surface area contributed by atoms with Crippen LogP contribution in [0.15, 0.2) is 29.1 Å². The number of piperazine rings is 1. The molecule has 0 atom stereocenters. The molecule has 3 rings (SSSR count). The summed E-state index contributed by atoms with van der Waals surface area (Å²) in [4.78, 5) is 46.2. The van der Waals surface area contributed by atoms with Crippen LogP contribution < -0.4 is 5.56 Å². The summed E-state index contributed by atoms with van der Waals surface area (Å²) in [6, 6.07) is 7.50. The number of hydrogen-bond donors (Lipinski definition) is 1. The summed E-state index contributed by atoms with van der Waals surface area (Å²) in [5.74, 6) is -0.120. The van der Waals surface area contributed by atoms with Crippen molar-refractivity contribution < 1.29 is 9.59 Å². The number of benzene rings is 1. The fourth-order valence-electron chi connectivity index (χ4n) is 3.80. The van der Waals surface area contributed by atoms with E-state index in [4.69, 9.17) is 0 Å². The normalized spacial score (nSPS) is 15.0. The highest BCUT2D eigenvalue weighted by Gasteiger charge is 2.27. The lowest BCUT2D eigenvalue weighted by Gasteiger charge is -2.35. The Labute approximate surface area is 164 Å². The zero-order valence-corrected chi connectivity index (χ0v) is 16.8. The summed E-state index contributed by atoms with van der Waals surface area (Å²) in [5, 5.41) is 0.883. The Morgan fingerprint density at radius 2 is 1.71 bits per heavy atom. The average Bonchev–Trinajstić information content (AvgIpc) is 2.69. The Morgan fingerprint density at radius 1 is 1.07 bits per heavy atom. The maximum absolute atomic E-state index is 13.0. The third-order valence-electron chi connectivity index (χ3n) is 5.53. The molecule has 1 N–H and O–H groups in total. The van der Waals surface area contributed by atoms with E-state index in [1.54, 1.807) is 4.90 Å². The van der Waals surface area contributed by atoms with Crippen molar-refractivity contribution in [1.29, 1.82) is 0 Å². The van der Waals surface area contributed by atoms with E-state index in [-0.39, 0.29) is 22.9 Å². The maximum atomic E-state index is 13.0. The van der Waals surface area contributed by atoms with Gasteiger partial charge in [-0.15, -0.1) is 0 Å². The second-order valence-electron chi connectivity index (χ2n) is 7.13. The van der Waals surface area contributed by atoms with E-state index in [0.29, 0.717) is 51.4 Å². The van der Waals surface area contributed by atoms with Crippen LogP contribution in [-0.4, -0.2) is 77.3 Å². The number of carbonyl (C=O) groups excluding carboxylic acids is 2. The molecule has 0 unspecified atom stereocenters. The second-order valence-corrected chi connectivity index (χ2v) is 7.13. The summed E-state index contributed by atoms with van der Waals surface area (Å²) >= 11 is 0. The fourth-order valence-corrected chi connectivity index (χ4v) is 3.80. The van der Waals surface area contributed by atoms with Crippen molar-refractivity contribution in [2.45, 2.75) is 20.8 Å². The van der Waals surface area contributed by atoms with Gasteiger partial charge in [0.25, 0.3) is 11.5 Å². The molecule has 28 heavy (non-hydrogen) atoms. The third-order valence-corrected chi connectivity index (χ3v) is 5.53. The van der Waals surface area contributed by atoms with Gasteiger partial charge >= 0.3 is 0 Å². The Hall–Kier alpha value is -2.67. The number of nitrogens with one attached hydrogen (secondary N) is 1. The number of carbonyl (C=O) groups is 2. The van der Waals surface area contributed by atoms with Gasteiger partial charge in [0.1, 0.15) is 5.56 Å². The molecule has 7 nitrogen and oxygen atoms in total. The molecule has 7 heteroatoms. The predicted molar refractivity (Wildman–Crippen MR) is 110 cm³/mol. The zero-order valence-electron chi connectivity index (χ0n) is 16.8. The van der Waals surface area contributed by atoms with E-state index in [0.717, 1.165) is 10.9 Å². The molecule has 1 saturated heterocycles. The monoisotopic (exact) mass is 384 g/mol. The first kappa shape index (κ1) is 20.1. The van der Waals surface area contributed by atoms with E-state index in [1.807, 2.05) is 49.9 Å². The van der Waals surface area contributed by atoms with Crippen molar-refractivity contribution in [2.24, 2.45) is 0 Å². The lowest BCUT2D eigenvalue weighted by molar-refractivity contribution is -0.132. The Kier molecular flexibility index (Phi) is 6.14. The summed E-state index contributed by atoms with van der Waals surface area (Å²) in [7, 11) is 0. The Balaban J connectivity index is 1.70. The average molecular weight is 384 g/mol. The molecule has 0 radical (unpaired) electrons. The number of fused-ring (bicyclic) bond motifs is 1. The number of likely N-dealkylation sites (N-methyl/N-ethyl adjacent to an activating group) is 1. The minimum atomic E-state index is -0.347. The van der Waals surface area contributed by atoms with E-state index in [2.05, 4.69) is 9.88 Å². The first-order valence-corrected chi connectivity index (χ1v) is 9.87. The molecular weight excluding hydrogens is 356 g/mol. The number of aromatic amines is 1. The molecule has 2 amide bonds. The van der Waals surface area contributed by atoms with E-state index in [1.165, 1.54) is 0 Å². The minimum absolute atomic E-state index is 0.117.